The summed E-state index contributed by atoms with van der Waals surface area (Å²) >= 11 is 0. The van der Waals surface area contributed by atoms with Crippen molar-refractivity contribution >= 4 is 29.2 Å². The molecule has 170 valence electrons. The van der Waals surface area contributed by atoms with E-state index in [1.165, 1.54) is 0 Å². The number of hydrogen-bond acceptors (Lipinski definition) is 4. The van der Waals surface area contributed by atoms with E-state index >= 15 is 0 Å². The van der Waals surface area contributed by atoms with Gasteiger partial charge in [-0.05, 0) is 51.1 Å². The fourth-order valence-corrected chi connectivity index (χ4v) is 3.45. The first kappa shape index (κ1) is 23.1. The lowest BCUT2D eigenvalue weighted by Crippen LogP contribution is -2.51. The summed E-state index contributed by atoms with van der Waals surface area (Å²) < 4.78 is 0. The Morgan fingerprint density at radius 3 is 2.25 bits per heavy atom. The van der Waals surface area contributed by atoms with Crippen LogP contribution in [0.25, 0.3) is 0 Å². The van der Waals surface area contributed by atoms with Crippen LogP contribution in [0.3, 0.4) is 0 Å². The minimum Gasteiger partial charge on any atom is -0.368 e. The second-order valence-corrected chi connectivity index (χ2v) is 8.80. The molecule has 0 unspecified atom stereocenters. The summed E-state index contributed by atoms with van der Waals surface area (Å²) in [6.07, 6.45) is 0. The van der Waals surface area contributed by atoms with E-state index in [4.69, 9.17) is 0 Å². The Morgan fingerprint density at radius 1 is 0.906 bits per heavy atom. The molecule has 0 radical (unpaired) electrons. The number of anilines is 2. The second kappa shape index (κ2) is 10.2. The van der Waals surface area contributed by atoms with Crippen molar-refractivity contribution in [2.24, 2.45) is 0 Å². The molecule has 0 saturated carbocycles. The molecule has 1 heterocycles. The number of amides is 4. The van der Waals surface area contributed by atoms with Gasteiger partial charge in [0.15, 0.2) is 0 Å². The normalized spacial score (nSPS) is 14.0. The third kappa shape index (κ3) is 6.73. The van der Waals surface area contributed by atoms with Crippen LogP contribution in [0.2, 0.25) is 0 Å². The number of carbonyl (C=O) groups excluding carboxylic acids is 3. The first-order valence-electron chi connectivity index (χ1n) is 10.8. The van der Waals surface area contributed by atoms with Crippen LogP contribution in [-0.2, 0) is 4.79 Å². The summed E-state index contributed by atoms with van der Waals surface area (Å²) in [5.41, 5.74) is 1.72. The van der Waals surface area contributed by atoms with Crippen molar-refractivity contribution in [3.8, 4) is 0 Å². The minimum absolute atomic E-state index is 0.0820. The highest BCUT2D eigenvalue weighted by Crippen LogP contribution is 2.15. The molecular formula is C24H31N5O3. The molecule has 1 aliphatic rings. The minimum atomic E-state index is -0.491. The van der Waals surface area contributed by atoms with Gasteiger partial charge in [0.25, 0.3) is 5.91 Å². The van der Waals surface area contributed by atoms with E-state index in [1.807, 2.05) is 39.0 Å². The van der Waals surface area contributed by atoms with Gasteiger partial charge < -0.3 is 25.8 Å². The standard InChI is InChI=1S/C24H31N5O3/c1-24(2,3)27-22(31)18-8-7-9-19(16-18)26-23(32)25-17-21(30)29-14-12-28(13-15-29)20-10-5-4-6-11-20/h4-11,16H,12-15,17H2,1-3H3,(H,27,31)(H2,25,26,32). The Bertz CT molecular complexity index is 948. The molecule has 1 fully saturated rings. The second-order valence-electron chi connectivity index (χ2n) is 8.80. The summed E-state index contributed by atoms with van der Waals surface area (Å²) in [6.45, 7) is 8.36. The lowest BCUT2D eigenvalue weighted by Gasteiger charge is -2.36. The van der Waals surface area contributed by atoms with Crippen LogP contribution in [-0.4, -0.2) is 61.0 Å². The molecule has 8 heteroatoms. The third-order valence-corrected chi connectivity index (χ3v) is 5.03. The zero-order valence-corrected chi connectivity index (χ0v) is 18.9. The number of rotatable bonds is 5. The van der Waals surface area contributed by atoms with E-state index in [0.717, 1.165) is 18.8 Å². The van der Waals surface area contributed by atoms with Gasteiger partial charge in [-0.3, -0.25) is 9.59 Å². The van der Waals surface area contributed by atoms with Gasteiger partial charge >= 0.3 is 6.03 Å². The van der Waals surface area contributed by atoms with Crippen LogP contribution in [0.15, 0.2) is 54.6 Å². The van der Waals surface area contributed by atoms with Crippen molar-refractivity contribution in [2.75, 3.05) is 42.9 Å². The average Bonchev–Trinajstić information content (AvgIpc) is 2.77. The zero-order valence-electron chi connectivity index (χ0n) is 18.9. The number of nitrogens with zero attached hydrogens (tertiary/aromatic N) is 2. The molecule has 0 bridgehead atoms. The third-order valence-electron chi connectivity index (χ3n) is 5.03. The molecule has 4 amide bonds. The van der Waals surface area contributed by atoms with Crippen LogP contribution in [0.5, 0.6) is 0 Å². The molecule has 3 rings (SSSR count). The van der Waals surface area contributed by atoms with Gasteiger partial charge in [-0.15, -0.1) is 0 Å². The number of para-hydroxylation sites is 1. The first-order chi connectivity index (χ1) is 15.2. The number of carbonyl (C=O) groups is 3. The lowest BCUT2D eigenvalue weighted by molar-refractivity contribution is -0.130. The fraction of sp³-hybridized carbons (Fsp3) is 0.375. The molecule has 1 saturated heterocycles. The number of urea groups is 1. The summed E-state index contributed by atoms with van der Waals surface area (Å²) in [7, 11) is 0. The smallest absolute Gasteiger partial charge is 0.319 e. The summed E-state index contributed by atoms with van der Waals surface area (Å²) in [5, 5.41) is 8.17. The Balaban J connectivity index is 1.44. The van der Waals surface area contributed by atoms with Crippen molar-refractivity contribution < 1.29 is 14.4 Å². The van der Waals surface area contributed by atoms with Gasteiger partial charge in [0.05, 0.1) is 6.54 Å². The highest BCUT2D eigenvalue weighted by Gasteiger charge is 2.21. The maximum Gasteiger partial charge on any atom is 0.319 e. The topological polar surface area (TPSA) is 93.8 Å². The molecule has 2 aromatic carbocycles. The van der Waals surface area contributed by atoms with E-state index < -0.39 is 6.03 Å². The SMILES string of the molecule is CC(C)(C)NC(=O)c1cccc(NC(=O)NCC(=O)N2CCN(c3ccccc3)CC2)c1. The largest absolute Gasteiger partial charge is 0.368 e. The molecular weight excluding hydrogens is 406 g/mol. The Kier molecular flexibility index (Phi) is 7.35. The van der Waals surface area contributed by atoms with Crippen LogP contribution in [0, 0.1) is 0 Å². The van der Waals surface area contributed by atoms with Crippen molar-refractivity contribution in [3.05, 3.63) is 60.2 Å². The highest BCUT2D eigenvalue weighted by atomic mass is 16.2. The molecule has 32 heavy (non-hydrogen) atoms. The molecule has 8 nitrogen and oxygen atoms in total. The van der Waals surface area contributed by atoms with Gasteiger partial charge in [-0.1, -0.05) is 24.3 Å². The average molecular weight is 438 g/mol. The number of hydrogen-bond donors (Lipinski definition) is 3. The zero-order chi connectivity index (χ0) is 23.1. The quantitative estimate of drug-likeness (QED) is 0.670. The number of piperazine rings is 1. The highest BCUT2D eigenvalue weighted by molar-refractivity contribution is 5.97. The number of nitrogens with one attached hydrogen (secondary N) is 3. The maximum absolute atomic E-state index is 12.5. The van der Waals surface area contributed by atoms with Crippen LogP contribution >= 0.6 is 0 Å². The van der Waals surface area contributed by atoms with Gasteiger partial charge in [0, 0.05) is 48.7 Å². The van der Waals surface area contributed by atoms with Crippen molar-refractivity contribution in [2.45, 2.75) is 26.3 Å². The van der Waals surface area contributed by atoms with Gasteiger partial charge in [0.2, 0.25) is 5.91 Å². The van der Waals surface area contributed by atoms with Gasteiger partial charge in [-0.2, -0.15) is 0 Å². The summed E-state index contributed by atoms with van der Waals surface area (Å²) in [5.74, 6) is -0.336. The van der Waals surface area contributed by atoms with Crippen LogP contribution in [0.4, 0.5) is 16.2 Å². The van der Waals surface area contributed by atoms with Gasteiger partial charge in [0.1, 0.15) is 0 Å². The molecule has 0 atom stereocenters. The van der Waals surface area contributed by atoms with Crippen LogP contribution < -0.4 is 20.9 Å². The maximum atomic E-state index is 12.5. The number of benzene rings is 2. The van der Waals surface area contributed by atoms with Gasteiger partial charge in [-0.25, -0.2) is 4.79 Å². The fourth-order valence-electron chi connectivity index (χ4n) is 3.45. The monoisotopic (exact) mass is 437 g/mol. The molecule has 0 aromatic heterocycles. The predicted molar refractivity (Wildman–Crippen MR) is 126 cm³/mol. The molecule has 0 aliphatic carbocycles. The first-order valence-corrected chi connectivity index (χ1v) is 10.8. The molecule has 2 aromatic rings. The Hall–Kier alpha value is -3.55. The van der Waals surface area contributed by atoms with Crippen molar-refractivity contribution in [3.63, 3.8) is 0 Å². The van der Waals surface area contributed by atoms with Crippen LogP contribution in [0.1, 0.15) is 31.1 Å². The molecule has 0 spiro atoms. The summed E-state index contributed by atoms with van der Waals surface area (Å²) in [4.78, 5) is 41.0. The van der Waals surface area contributed by atoms with E-state index in [1.54, 1.807) is 29.2 Å². The lowest BCUT2D eigenvalue weighted by atomic mass is 10.1. The summed E-state index contributed by atoms with van der Waals surface area (Å²) in [6, 6.07) is 16.3. The van der Waals surface area contributed by atoms with E-state index in [-0.39, 0.29) is 23.9 Å². The Morgan fingerprint density at radius 2 is 1.59 bits per heavy atom. The van der Waals surface area contributed by atoms with E-state index in [9.17, 15) is 14.4 Å². The van der Waals surface area contributed by atoms with E-state index in [2.05, 4.69) is 33.0 Å². The van der Waals surface area contributed by atoms with Crippen molar-refractivity contribution in [1.29, 1.82) is 0 Å². The Labute approximate surface area is 189 Å². The van der Waals surface area contributed by atoms with E-state index in [0.29, 0.717) is 24.3 Å². The molecule has 1 aliphatic heterocycles. The van der Waals surface area contributed by atoms with Crippen molar-refractivity contribution in [1.82, 2.24) is 15.5 Å². The molecule has 3 N–H and O–H groups in total. The predicted octanol–water partition coefficient (Wildman–Crippen LogP) is 2.69.